The molecule has 0 rings (SSSR count). The Morgan fingerprint density at radius 2 is 0.738 bits per heavy atom. The lowest BCUT2D eigenvalue weighted by Gasteiger charge is -2.54. The van der Waals surface area contributed by atoms with Gasteiger partial charge in [0.25, 0.3) is 5.91 Å². The van der Waals surface area contributed by atoms with Crippen molar-refractivity contribution in [1.82, 2.24) is 21.3 Å². The maximum absolute atomic E-state index is 12.4. The van der Waals surface area contributed by atoms with Crippen LogP contribution in [0.3, 0.4) is 0 Å². The Labute approximate surface area is 644 Å². The number of rotatable bonds is 53. The second-order valence-electron chi connectivity index (χ2n) is 32.5. The number of esters is 2. The molecule has 0 aliphatic rings. The number of ether oxygens (including phenoxy) is 6. The molecule has 0 spiro atoms. The number of alkyl carbamates (subject to hydrolysis) is 3. The lowest BCUT2D eigenvalue weighted by atomic mass is 9.58. The molecule has 624 valence electrons. The Kier molecular flexibility index (Phi) is 71.1. The number of carbonyl (C=O) groups is 6. The van der Waals surface area contributed by atoms with Crippen LogP contribution < -0.4 is 21.3 Å². The van der Waals surface area contributed by atoms with Gasteiger partial charge < -0.3 is 58.5 Å². The molecule has 0 heterocycles. The zero-order chi connectivity index (χ0) is 71.4. The molecule has 4 amide bonds. The van der Waals surface area contributed by atoms with Crippen molar-refractivity contribution in [2.24, 2.45) is 16.2 Å². The van der Waals surface area contributed by atoms with E-state index in [0.29, 0.717) is 50.5 Å². The number of hydrogen-bond acceptors (Lipinski definition) is 14. The summed E-state index contributed by atoms with van der Waals surface area (Å²) in [6, 6.07) is 5.77. The number of carbonyl (C=O) groups excluding carboxylic acids is 6. The molecule has 0 fully saturated rings. The molecule has 18 nitrogen and oxygen atoms in total. The van der Waals surface area contributed by atoms with Gasteiger partial charge in [-0.2, -0.15) is 0 Å². The molecule has 0 aliphatic carbocycles. The molecular weight excluding hydrogens is 1370 g/mol. The van der Waals surface area contributed by atoms with Gasteiger partial charge in [0, 0.05) is 32.3 Å². The minimum Gasteiger partial charge on any atom is -0.462 e. The minimum atomic E-state index is -2.05. The van der Waals surface area contributed by atoms with E-state index in [1.165, 1.54) is 37.8 Å². The first-order valence-corrected chi connectivity index (χ1v) is 48.2. The number of nitrogens with one attached hydrogen (secondary N) is 4. The van der Waals surface area contributed by atoms with E-state index in [9.17, 15) is 28.8 Å². The summed E-state index contributed by atoms with van der Waals surface area (Å²) >= 11 is 0. The highest BCUT2D eigenvalue weighted by atomic mass is 28.4. The molecule has 0 aromatic rings. The van der Waals surface area contributed by atoms with Gasteiger partial charge in [-0.05, 0) is 159 Å². The third-order valence-corrected chi connectivity index (χ3v) is 34.8. The Morgan fingerprint density at radius 3 is 1.25 bits per heavy atom. The van der Waals surface area contributed by atoms with Crippen molar-refractivity contribution in [3.05, 3.63) is 24.3 Å². The third kappa shape index (κ3) is 53.8. The predicted molar refractivity (Wildman–Crippen MR) is 458 cm³/mol. The van der Waals surface area contributed by atoms with Crippen molar-refractivity contribution in [1.29, 1.82) is 0 Å². The topological polar surface area (TPSA) is 224 Å². The van der Waals surface area contributed by atoms with Crippen LogP contribution in [-0.4, -0.2) is 140 Å². The van der Waals surface area contributed by atoms with E-state index in [2.05, 4.69) is 170 Å². The van der Waals surface area contributed by atoms with Gasteiger partial charge in [0.15, 0.2) is 30.0 Å². The highest BCUT2D eigenvalue weighted by Crippen LogP contribution is 2.52. The second-order valence-corrected chi connectivity index (χ2v) is 51.9. The van der Waals surface area contributed by atoms with Crippen LogP contribution in [-0.2, 0) is 51.7 Å². The van der Waals surface area contributed by atoms with Crippen LogP contribution in [0.15, 0.2) is 24.3 Å². The number of amides is 4. The van der Waals surface area contributed by atoms with Crippen molar-refractivity contribution in [2.75, 3.05) is 59.6 Å². The molecule has 0 aromatic heterocycles. The SMILES string of the molecule is C.C.C.C.C.C.C.C.C.C.C=C(C)C(=O)OCCCCC[Si](C)(C)OC(C)(C)C(C)(C)CCCCC(C)(C)[Si](C)(C)CCCCOC(=O)NCNC(=O)OCC(=O)NCCCCCNC(=O)OCCCC[Si](C)(C)OC(C)(C)C(C)(C)C(C)(C)CCCC[Si](C)(C)CCCCOCOC(=O)C(=C)C. The van der Waals surface area contributed by atoms with E-state index >= 15 is 0 Å². The average molecular weight is 1550 g/mol. The fourth-order valence-corrected chi connectivity index (χ4v) is 22.5. The van der Waals surface area contributed by atoms with Gasteiger partial charge >= 0.3 is 30.2 Å². The second kappa shape index (κ2) is 59.4. The first kappa shape index (κ1) is 123. The van der Waals surface area contributed by atoms with E-state index in [0.717, 1.165) is 108 Å². The van der Waals surface area contributed by atoms with Gasteiger partial charge in [-0.15, -0.1) is 0 Å². The molecular formula is C81H180N4O14Si4. The van der Waals surface area contributed by atoms with Gasteiger partial charge in [0.2, 0.25) is 0 Å². The molecule has 0 aromatic carbocycles. The van der Waals surface area contributed by atoms with Crippen molar-refractivity contribution < 1.29 is 66.0 Å². The van der Waals surface area contributed by atoms with Crippen molar-refractivity contribution in [2.45, 2.75) is 392 Å². The van der Waals surface area contributed by atoms with E-state index < -0.39 is 69.5 Å². The van der Waals surface area contributed by atoms with Crippen LogP contribution in [0, 0.1) is 16.2 Å². The molecule has 0 saturated heterocycles. The number of hydrogen-bond donors (Lipinski definition) is 4. The minimum absolute atomic E-state index is 0. The molecule has 0 bridgehead atoms. The highest BCUT2D eigenvalue weighted by molar-refractivity contribution is 6.80. The smallest absolute Gasteiger partial charge is 0.409 e. The Bertz CT molecular complexity index is 2250. The van der Waals surface area contributed by atoms with Crippen LogP contribution in [0.1, 0.15) is 293 Å². The summed E-state index contributed by atoms with van der Waals surface area (Å²) in [6.45, 7) is 59.6. The van der Waals surface area contributed by atoms with Crippen molar-refractivity contribution >= 4 is 68.9 Å². The first-order chi connectivity index (χ1) is 42.8. The standard InChI is InChI=1S/C71H140N4O14Si4.10CH4/c1-58(2)61(77)83-47-32-26-36-53-92(21,22)88-70(13,14)67(7,8)42-27-28-43-68(9,10)91(19,20)52-39-34-48-85-64(80)74-56-75-65(81)86-55-60(76)72-44-30-25-31-45-73-63(79)84-49-35-40-54-93(23,24)89-71(15,16)69(11,12)66(5,6)41-29-37-50-90(17,18)51-38-33-46-82-57-87-62(78)59(3)4;;;;;;;;;;/h1,3,25-57H2,2,4-24H3,(H,72,76)(H,73,79)(H,74,80)(H,75,81);10*1H4. The summed E-state index contributed by atoms with van der Waals surface area (Å²) in [5, 5.41) is 10.7. The normalized spacial score (nSPS) is 11.7. The van der Waals surface area contributed by atoms with E-state index in [1.54, 1.807) is 13.8 Å². The molecule has 0 radical (unpaired) electrons. The Morgan fingerprint density at radius 1 is 0.369 bits per heavy atom. The highest BCUT2D eigenvalue weighted by Gasteiger charge is 2.50. The molecule has 0 atom stereocenters. The lowest BCUT2D eigenvalue weighted by molar-refractivity contribution is -0.151. The zero-order valence-electron chi connectivity index (χ0n) is 63.5. The van der Waals surface area contributed by atoms with E-state index in [4.69, 9.17) is 37.3 Å². The molecule has 4 N–H and O–H groups in total. The molecule has 0 aliphatic heterocycles. The Balaban J connectivity index is -0.000000940. The summed E-state index contributed by atoms with van der Waals surface area (Å²) < 4.78 is 45.6. The monoisotopic (exact) mass is 1550 g/mol. The van der Waals surface area contributed by atoms with Crippen LogP contribution in [0.25, 0.3) is 0 Å². The summed E-state index contributed by atoms with van der Waals surface area (Å²) in [7, 11) is -6.89. The van der Waals surface area contributed by atoms with Crippen LogP contribution >= 0.6 is 0 Å². The van der Waals surface area contributed by atoms with Gasteiger partial charge in [-0.3, -0.25) is 4.79 Å². The van der Waals surface area contributed by atoms with Gasteiger partial charge in [0.1, 0.15) is 0 Å². The molecule has 0 saturated carbocycles. The molecule has 0 unspecified atom stereocenters. The van der Waals surface area contributed by atoms with Gasteiger partial charge in [0.05, 0.1) is 52.4 Å². The van der Waals surface area contributed by atoms with E-state index in [-0.39, 0.29) is 133 Å². The lowest BCUT2D eigenvalue weighted by Crippen LogP contribution is -2.55. The van der Waals surface area contributed by atoms with Crippen LogP contribution in [0.5, 0.6) is 0 Å². The fourth-order valence-electron chi connectivity index (χ4n) is 11.5. The van der Waals surface area contributed by atoms with Crippen molar-refractivity contribution in [3.8, 4) is 0 Å². The molecule has 103 heavy (non-hydrogen) atoms. The summed E-state index contributed by atoms with van der Waals surface area (Å²) in [6.07, 6.45) is 16.9. The van der Waals surface area contributed by atoms with Gasteiger partial charge in [-0.25, -0.2) is 24.0 Å². The predicted octanol–water partition coefficient (Wildman–Crippen LogP) is 24.5. The van der Waals surface area contributed by atoms with E-state index in [1.807, 2.05) is 0 Å². The maximum Gasteiger partial charge on any atom is 0.409 e. The Hall–Kier alpha value is -3.55. The molecule has 22 heteroatoms. The van der Waals surface area contributed by atoms with Crippen molar-refractivity contribution in [3.63, 3.8) is 0 Å². The average Bonchev–Trinajstić information content (AvgIpc) is 0.766. The number of unbranched alkanes of at least 4 members (excludes halogenated alkanes) is 9. The quantitative estimate of drug-likeness (QED) is 0.0111. The largest absolute Gasteiger partial charge is 0.462 e. The summed E-state index contributed by atoms with van der Waals surface area (Å²) in [5.74, 6) is -1.17. The van der Waals surface area contributed by atoms with Crippen LogP contribution in [0.2, 0.25) is 87.6 Å². The fraction of sp³-hybridized carbons (Fsp3) is 0.877. The summed E-state index contributed by atoms with van der Waals surface area (Å²) in [5.41, 5.74) is 0.252. The summed E-state index contributed by atoms with van der Waals surface area (Å²) in [4.78, 5) is 72.3. The third-order valence-electron chi connectivity index (χ3n) is 20.6. The van der Waals surface area contributed by atoms with Gasteiger partial charge in [-0.1, -0.05) is 251 Å². The maximum atomic E-state index is 12.4. The first-order valence-electron chi connectivity index (χ1n) is 35.4. The van der Waals surface area contributed by atoms with Crippen LogP contribution in [0.4, 0.5) is 14.4 Å². The zero-order valence-corrected chi connectivity index (χ0v) is 67.5.